The molecule has 6 heteroatoms. The van der Waals surface area contributed by atoms with E-state index >= 15 is 0 Å². The molecule has 4 N–H and O–H groups in total. The van der Waals surface area contributed by atoms with Gasteiger partial charge in [-0.3, -0.25) is 5.73 Å². The van der Waals surface area contributed by atoms with E-state index in [1.165, 1.54) is 23.8 Å². The average Bonchev–Trinajstić information content (AvgIpc) is 2.43. The summed E-state index contributed by atoms with van der Waals surface area (Å²) in [7, 11) is 0. The number of carboxylic acids is 2. The van der Waals surface area contributed by atoms with Crippen LogP contribution in [0, 0.1) is 6.92 Å². The normalized spacial score (nSPS) is 9.25. The largest absolute Gasteiger partial charge is 0.545 e. The summed E-state index contributed by atoms with van der Waals surface area (Å²) in [5.74, 6) is -1.83. The number of hydrogen-bond donors (Lipinski definition) is 2. The predicted octanol–water partition coefficient (Wildman–Crippen LogP) is 0.140. The summed E-state index contributed by atoms with van der Waals surface area (Å²) in [4.78, 5) is 23.5. The Balaban J connectivity index is 0.000000217. The molecule has 0 amide bonds. The number of aryl methyl sites for hydroxylation is 1. The van der Waals surface area contributed by atoms with Gasteiger partial charge in [-0.15, -0.1) is 0 Å². The highest BCUT2D eigenvalue weighted by Crippen LogP contribution is 2.03. The van der Waals surface area contributed by atoms with Gasteiger partial charge in [0.05, 0.1) is 17.7 Å². The summed E-state index contributed by atoms with van der Waals surface area (Å²) in [6, 6.07) is 8.81. The second kappa shape index (κ2) is 6.89. The Bertz CT molecular complexity index is 559. The lowest BCUT2D eigenvalue weighted by Gasteiger charge is -2.01. The molecule has 20 heavy (non-hydrogen) atoms. The standard InChI is InChI=1S/C8H6O4.C6H8N2/c9-7(10)5-2-1-3-6(4-5)8(11)12;1-5-2-3-6(7)8-4-5/h1-4H,(H,9,10)(H,11,12);2-4H,1H3,(H2,7,8). The second-order valence-electron chi connectivity index (χ2n) is 3.99. The maximum Gasteiger partial charge on any atom is 0.335 e. The van der Waals surface area contributed by atoms with Crippen LogP contribution in [-0.4, -0.2) is 17.0 Å². The van der Waals surface area contributed by atoms with Crippen LogP contribution in [0.2, 0.25) is 0 Å². The van der Waals surface area contributed by atoms with Crippen molar-refractivity contribution in [3.63, 3.8) is 0 Å². The molecular formula is C14H14N2O4. The van der Waals surface area contributed by atoms with Crippen LogP contribution < -0.4 is 15.8 Å². The molecule has 1 aromatic carbocycles. The number of H-pyrrole nitrogens is 1. The lowest BCUT2D eigenvalue weighted by atomic mass is 10.1. The number of aromatic carboxylic acids is 2. The smallest absolute Gasteiger partial charge is 0.335 e. The number of nitrogen functional groups attached to an aromatic ring is 1. The lowest BCUT2D eigenvalue weighted by molar-refractivity contribution is -0.360. The summed E-state index contributed by atoms with van der Waals surface area (Å²) in [6.07, 6.45) is 1.87. The Labute approximate surface area is 115 Å². The number of nitrogens with one attached hydrogen (secondary N) is 1. The third-order valence-corrected chi connectivity index (χ3v) is 2.34. The Hall–Kier alpha value is -2.89. The molecule has 0 aliphatic carbocycles. The van der Waals surface area contributed by atoms with Gasteiger partial charge in [0, 0.05) is 6.07 Å². The minimum Gasteiger partial charge on any atom is -0.545 e. The van der Waals surface area contributed by atoms with Gasteiger partial charge in [0.15, 0.2) is 0 Å². The minimum absolute atomic E-state index is 0.0586. The number of aromatic amines is 1. The van der Waals surface area contributed by atoms with E-state index in [1.807, 2.05) is 25.3 Å². The topological polar surface area (TPSA) is 118 Å². The summed E-state index contributed by atoms with van der Waals surface area (Å²) in [5.41, 5.74) is 6.38. The van der Waals surface area contributed by atoms with E-state index in [9.17, 15) is 14.7 Å². The van der Waals surface area contributed by atoms with Gasteiger partial charge in [0.1, 0.15) is 0 Å². The minimum atomic E-state index is -1.38. The molecule has 1 heterocycles. The molecule has 0 spiro atoms. The van der Waals surface area contributed by atoms with E-state index in [1.54, 1.807) is 0 Å². The number of carboxylic acid groups (broad SMARTS) is 2. The van der Waals surface area contributed by atoms with Crippen LogP contribution in [-0.2, 0) is 0 Å². The van der Waals surface area contributed by atoms with Crippen molar-refractivity contribution in [2.75, 3.05) is 5.73 Å². The number of nitrogens with two attached hydrogens (primary N) is 1. The molecule has 6 nitrogen and oxygen atoms in total. The molecule has 104 valence electrons. The molecule has 0 fully saturated rings. The van der Waals surface area contributed by atoms with Gasteiger partial charge >= 0.3 is 5.97 Å². The van der Waals surface area contributed by atoms with Gasteiger partial charge in [-0.05, 0) is 36.2 Å². The molecule has 0 saturated carbocycles. The van der Waals surface area contributed by atoms with Gasteiger partial charge < -0.3 is 15.0 Å². The second-order valence-corrected chi connectivity index (χ2v) is 3.99. The number of pyridine rings is 1. The summed E-state index contributed by atoms with van der Waals surface area (Å²) >= 11 is 0. The van der Waals surface area contributed by atoms with Crippen LogP contribution in [0.25, 0.3) is 0 Å². The zero-order valence-electron chi connectivity index (χ0n) is 10.8. The number of benzene rings is 1. The van der Waals surface area contributed by atoms with Crippen molar-refractivity contribution >= 4 is 17.8 Å². The van der Waals surface area contributed by atoms with E-state index in [0.717, 1.165) is 6.07 Å². The first-order chi connectivity index (χ1) is 9.40. The highest BCUT2D eigenvalue weighted by molar-refractivity contribution is 5.92. The van der Waals surface area contributed by atoms with Gasteiger partial charge in [-0.1, -0.05) is 12.1 Å². The first-order valence-electron chi connectivity index (χ1n) is 5.68. The fourth-order valence-corrected chi connectivity index (χ4v) is 1.29. The fraction of sp³-hybridized carbons (Fsp3) is 0.0714. The quantitative estimate of drug-likeness (QED) is 0.807. The third kappa shape index (κ3) is 4.77. The van der Waals surface area contributed by atoms with Crippen LogP contribution >= 0.6 is 0 Å². The molecule has 2 rings (SSSR count). The van der Waals surface area contributed by atoms with Crippen molar-refractivity contribution in [3.05, 3.63) is 59.3 Å². The van der Waals surface area contributed by atoms with Crippen molar-refractivity contribution in [2.45, 2.75) is 6.92 Å². The van der Waals surface area contributed by atoms with Crippen LogP contribution in [0.1, 0.15) is 26.3 Å². The van der Waals surface area contributed by atoms with E-state index in [-0.39, 0.29) is 11.1 Å². The molecule has 0 radical (unpaired) electrons. The monoisotopic (exact) mass is 274 g/mol. The number of hydrogen-bond acceptors (Lipinski definition) is 4. The van der Waals surface area contributed by atoms with E-state index in [4.69, 9.17) is 10.8 Å². The van der Waals surface area contributed by atoms with Crippen molar-refractivity contribution in [1.29, 1.82) is 0 Å². The maximum absolute atomic E-state index is 10.4. The molecule has 1 aromatic heterocycles. The number of carbonyl (C=O) groups is 2. The molecule has 0 unspecified atom stereocenters. The zero-order chi connectivity index (χ0) is 15.1. The van der Waals surface area contributed by atoms with Crippen molar-refractivity contribution in [2.24, 2.45) is 0 Å². The van der Waals surface area contributed by atoms with Gasteiger partial charge in [-0.2, -0.15) is 0 Å². The molecule has 0 bridgehead atoms. The van der Waals surface area contributed by atoms with Crippen molar-refractivity contribution < 1.29 is 24.8 Å². The van der Waals surface area contributed by atoms with E-state index in [2.05, 4.69) is 4.98 Å². The van der Waals surface area contributed by atoms with Crippen molar-refractivity contribution in [1.82, 2.24) is 0 Å². The summed E-state index contributed by atoms with van der Waals surface area (Å²) in [5, 5.41) is 18.7. The Morgan fingerprint density at radius 1 is 1.20 bits per heavy atom. The number of anilines is 1. The van der Waals surface area contributed by atoms with E-state index in [0.29, 0.717) is 5.82 Å². The lowest BCUT2D eigenvalue weighted by Crippen LogP contribution is -2.22. The highest BCUT2D eigenvalue weighted by Gasteiger charge is 2.02. The van der Waals surface area contributed by atoms with Gasteiger partial charge in [-0.25, -0.2) is 9.78 Å². The first-order valence-corrected chi connectivity index (χ1v) is 5.68. The third-order valence-electron chi connectivity index (χ3n) is 2.34. The van der Waals surface area contributed by atoms with Crippen LogP contribution in [0.15, 0.2) is 42.6 Å². The summed E-state index contributed by atoms with van der Waals surface area (Å²) in [6.45, 7) is 2.01. The van der Waals surface area contributed by atoms with Crippen molar-refractivity contribution in [3.8, 4) is 0 Å². The molecule has 0 atom stereocenters. The Morgan fingerprint density at radius 3 is 2.30 bits per heavy atom. The van der Waals surface area contributed by atoms with Crippen LogP contribution in [0.4, 0.5) is 5.82 Å². The Kier molecular flexibility index (Phi) is 5.22. The molecule has 2 aromatic rings. The SMILES string of the molecule is Cc1ccc(N)[nH+]c1.O=C([O-])c1cccc(C(=O)O)c1. The molecule has 0 aliphatic heterocycles. The number of aromatic nitrogens is 1. The van der Waals surface area contributed by atoms with Crippen LogP contribution in [0.3, 0.4) is 0 Å². The maximum atomic E-state index is 10.4. The predicted molar refractivity (Wildman–Crippen MR) is 69.9 cm³/mol. The molecular weight excluding hydrogens is 260 g/mol. The number of rotatable bonds is 2. The number of carbonyl (C=O) groups excluding carboxylic acids is 1. The van der Waals surface area contributed by atoms with Gasteiger partial charge in [0.25, 0.3) is 5.82 Å². The first kappa shape index (κ1) is 15.2. The molecule has 0 aliphatic rings. The van der Waals surface area contributed by atoms with Gasteiger partial charge in [0.2, 0.25) is 0 Å². The average molecular weight is 274 g/mol. The highest BCUT2D eigenvalue weighted by atomic mass is 16.4. The van der Waals surface area contributed by atoms with Crippen LogP contribution in [0.5, 0.6) is 0 Å². The molecule has 0 saturated heterocycles. The Morgan fingerprint density at radius 2 is 1.85 bits per heavy atom. The van der Waals surface area contributed by atoms with E-state index < -0.39 is 11.9 Å². The summed E-state index contributed by atoms with van der Waals surface area (Å²) < 4.78 is 0. The zero-order valence-corrected chi connectivity index (χ0v) is 10.8. The fourth-order valence-electron chi connectivity index (χ4n) is 1.29.